The second-order valence-corrected chi connectivity index (χ2v) is 9.10. The van der Waals surface area contributed by atoms with Gasteiger partial charge < -0.3 is 15.0 Å². The van der Waals surface area contributed by atoms with Crippen molar-refractivity contribution in [2.24, 2.45) is 4.99 Å². The van der Waals surface area contributed by atoms with Crippen LogP contribution in [0.1, 0.15) is 25.0 Å². The van der Waals surface area contributed by atoms with Crippen molar-refractivity contribution in [2.45, 2.75) is 33.4 Å². The van der Waals surface area contributed by atoms with Crippen LogP contribution in [0, 0.1) is 6.92 Å². The molecule has 1 fully saturated rings. The zero-order valence-corrected chi connectivity index (χ0v) is 20.4. The molecule has 28 heavy (non-hydrogen) atoms. The molecule has 1 aliphatic heterocycles. The Hall–Kier alpha value is -0.910. The molecular formula is C19H33IN4O3S. The van der Waals surface area contributed by atoms with Crippen LogP contribution in [-0.4, -0.2) is 75.3 Å². The van der Waals surface area contributed by atoms with E-state index in [4.69, 9.17) is 4.74 Å². The Kier molecular flexibility index (Phi) is 10.7. The summed E-state index contributed by atoms with van der Waals surface area (Å²) in [5.41, 5.74) is 2.42. The van der Waals surface area contributed by atoms with Crippen molar-refractivity contribution in [1.29, 1.82) is 0 Å². The van der Waals surface area contributed by atoms with Crippen LogP contribution in [0.4, 0.5) is 0 Å². The number of hydrogen-bond donors (Lipinski definition) is 1. The first kappa shape index (κ1) is 25.1. The molecule has 0 aromatic heterocycles. The average molecular weight is 524 g/mol. The van der Waals surface area contributed by atoms with Gasteiger partial charge in [-0.3, -0.25) is 4.99 Å². The smallest absolute Gasteiger partial charge is 0.216 e. The lowest BCUT2D eigenvalue weighted by atomic mass is 10.1. The summed E-state index contributed by atoms with van der Waals surface area (Å²) < 4.78 is 31.8. The fraction of sp³-hybridized carbons (Fsp3) is 0.632. The van der Waals surface area contributed by atoms with Crippen LogP contribution >= 0.6 is 24.0 Å². The van der Waals surface area contributed by atoms with Crippen LogP contribution in [0.5, 0.6) is 0 Å². The van der Waals surface area contributed by atoms with E-state index in [0.717, 1.165) is 5.96 Å². The molecule has 1 heterocycles. The van der Waals surface area contributed by atoms with Gasteiger partial charge in [-0.2, -0.15) is 4.31 Å². The number of halogens is 1. The van der Waals surface area contributed by atoms with Crippen LogP contribution in [0.2, 0.25) is 0 Å². The van der Waals surface area contributed by atoms with Crippen molar-refractivity contribution in [2.75, 3.05) is 45.6 Å². The summed E-state index contributed by atoms with van der Waals surface area (Å²) in [7, 11) is -1.52. The molecule has 0 bridgehead atoms. The number of nitrogens with one attached hydrogen (secondary N) is 1. The maximum atomic E-state index is 12.4. The number of aryl methyl sites for hydroxylation is 1. The quantitative estimate of drug-likeness (QED) is 0.336. The van der Waals surface area contributed by atoms with Crippen molar-refractivity contribution in [3.05, 3.63) is 35.4 Å². The predicted octanol–water partition coefficient (Wildman–Crippen LogP) is 2.06. The SMILES string of the molecule is CN=C(NCc1ccc(C)cc1)N1CCN(S(=O)(=O)CCOC(C)C)CC1.I. The normalized spacial score (nSPS) is 16.2. The summed E-state index contributed by atoms with van der Waals surface area (Å²) in [6.07, 6.45) is 0.0416. The molecule has 1 aliphatic rings. The summed E-state index contributed by atoms with van der Waals surface area (Å²) in [4.78, 5) is 6.45. The number of piperazine rings is 1. The molecule has 0 spiro atoms. The highest BCUT2D eigenvalue weighted by Gasteiger charge is 2.27. The maximum Gasteiger partial charge on any atom is 0.216 e. The van der Waals surface area contributed by atoms with Gasteiger partial charge >= 0.3 is 0 Å². The molecule has 9 heteroatoms. The minimum atomic E-state index is -3.27. The van der Waals surface area contributed by atoms with Crippen LogP contribution in [-0.2, 0) is 21.3 Å². The zero-order valence-electron chi connectivity index (χ0n) is 17.2. The van der Waals surface area contributed by atoms with Crippen LogP contribution in [0.3, 0.4) is 0 Å². The van der Waals surface area contributed by atoms with Gasteiger partial charge in [0, 0.05) is 39.8 Å². The van der Waals surface area contributed by atoms with E-state index in [1.54, 1.807) is 11.4 Å². The van der Waals surface area contributed by atoms with E-state index in [0.29, 0.717) is 32.7 Å². The molecule has 7 nitrogen and oxygen atoms in total. The Morgan fingerprint density at radius 3 is 2.32 bits per heavy atom. The van der Waals surface area contributed by atoms with Crippen molar-refractivity contribution < 1.29 is 13.2 Å². The number of hydrogen-bond acceptors (Lipinski definition) is 4. The Balaban J connectivity index is 0.00000392. The molecular weight excluding hydrogens is 491 g/mol. The molecule has 0 amide bonds. The van der Waals surface area contributed by atoms with Crippen molar-refractivity contribution >= 4 is 40.0 Å². The van der Waals surface area contributed by atoms with Gasteiger partial charge in [0.05, 0.1) is 18.5 Å². The third-order valence-corrected chi connectivity index (χ3v) is 6.34. The Morgan fingerprint density at radius 1 is 1.18 bits per heavy atom. The van der Waals surface area contributed by atoms with Gasteiger partial charge in [-0.05, 0) is 26.3 Å². The topological polar surface area (TPSA) is 74.2 Å². The molecule has 0 saturated carbocycles. The lowest BCUT2D eigenvalue weighted by Crippen LogP contribution is -2.54. The molecule has 1 saturated heterocycles. The highest BCUT2D eigenvalue weighted by Crippen LogP contribution is 2.09. The standard InChI is InChI=1S/C19H32N4O3S.HI/c1-16(2)26-13-14-27(24,25)23-11-9-22(10-12-23)19(20-4)21-15-18-7-5-17(3)6-8-18;/h5-8,16H,9-15H2,1-4H3,(H,20,21);1H. The number of nitrogens with zero attached hydrogens (tertiary/aromatic N) is 3. The zero-order chi connectivity index (χ0) is 19.9. The maximum absolute atomic E-state index is 12.4. The third kappa shape index (κ3) is 7.84. The Labute approximate surface area is 186 Å². The number of rotatable bonds is 7. The summed E-state index contributed by atoms with van der Waals surface area (Å²) >= 11 is 0. The molecule has 0 unspecified atom stereocenters. The van der Waals surface area contributed by atoms with E-state index in [2.05, 4.69) is 46.4 Å². The summed E-state index contributed by atoms with van der Waals surface area (Å²) in [6, 6.07) is 8.37. The van der Waals surface area contributed by atoms with Gasteiger partial charge in [-0.1, -0.05) is 29.8 Å². The first-order valence-electron chi connectivity index (χ1n) is 9.42. The number of sulfonamides is 1. The molecule has 1 aromatic carbocycles. The largest absolute Gasteiger partial charge is 0.378 e. The summed E-state index contributed by atoms with van der Waals surface area (Å²) in [5, 5.41) is 3.36. The summed E-state index contributed by atoms with van der Waals surface area (Å²) in [6.45, 7) is 8.98. The number of benzene rings is 1. The van der Waals surface area contributed by atoms with Gasteiger partial charge in [0.15, 0.2) is 5.96 Å². The first-order chi connectivity index (χ1) is 12.8. The van der Waals surface area contributed by atoms with Gasteiger partial charge in [0.25, 0.3) is 0 Å². The molecule has 0 atom stereocenters. The average Bonchev–Trinajstić information content (AvgIpc) is 2.63. The lowest BCUT2D eigenvalue weighted by Gasteiger charge is -2.35. The second kappa shape index (κ2) is 11.9. The minimum absolute atomic E-state index is 0. The number of aliphatic imine (C=N–C) groups is 1. The lowest BCUT2D eigenvalue weighted by molar-refractivity contribution is 0.0904. The van der Waals surface area contributed by atoms with Crippen LogP contribution < -0.4 is 5.32 Å². The predicted molar refractivity (Wildman–Crippen MR) is 125 cm³/mol. The van der Waals surface area contributed by atoms with Crippen molar-refractivity contribution in [1.82, 2.24) is 14.5 Å². The van der Waals surface area contributed by atoms with E-state index >= 15 is 0 Å². The molecule has 2 rings (SSSR count). The molecule has 0 radical (unpaired) electrons. The fourth-order valence-corrected chi connectivity index (χ4v) is 4.20. The Morgan fingerprint density at radius 2 is 1.79 bits per heavy atom. The van der Waals surface area contributed by atoms with Gasteiger partial charge in [0.1, 0.15) is 0 Å². The van der Waals surface area contributed by atoms with Gasteiger partial charge in [-0.15, -0.1) is 24.0 Å². The molecule has 1 N–H and O–H groups in total. The second-order valence-electron chi connectivity index (χ2n) is 7.01. The Bertz CT molecular complexity index is 715. The first-order valence-corrected chi connectivity index (χ1v) is 11.0. The molecule has 1 aromatic rings. The van der Waals surface area contributed by atoms with E-state index in [1.165, 1.54) is 11.1 Å². The number of ether oxygens (including phenoxy) is 1. The van der Waals surface area contributed by atoms with Crippen molar-refractivity contribution in [3.8, 4) is 0 Å². The molecule has 160 valence electrons. The third-order valence-electron chi connectivity index (χ3n) is 4.51. The van der Waals surface area contributed by atoms with E-state index in [9.17, 15) is 8.42 Å². The van der Waals surface area contributed by atoms with E-state index < -0.39 is 10.0 Å². The minimum Gasteiger partial charge on any atom is -0.378 e. The van der Waals surface area contributed by atoms with Crippen LogP contribution in [0.25, 0.3) is 0 Å². The molecule has 0 aliphatic carbocycles. The van der Waals surface area contributed by atoms with Crippen molar-refractivity contribution in [3.63, 3.8) is 0 Å². The van der Waals surface area contributed by atoms with E-state index in [-0.39, 0.29) is 42.4 Å². The highest BCUT2D eigenvalue weighted by molar-refractivity contribution is 14.0. The summed E-state index contributed by atoms with van der Waals surface area (Å²) in [5.74, 6) is 0.835. The van der Waals surface area contributed by atoms with E-state index in [1.807, 2.05) is 13.8 Å². The van der Waals surface area contributed by atoms with Gasteiger partial charge in [-0.25, -0.2) is 8.42 Å². The van der Waals surface area contributed by atoms with Gasteiger partial charge in [0.2, 0.25) is 10.0 Å². The fourth-order valence-electron chi connectivity index (χ4n) is 2.92. The number of guanidine groups is 1. The highest BCUT2D eigenvalue weighted by atomic mass is 127. The monoisotopic (exact) mass is 524 g/mol. The van der Waals surface area contributed by atoms with Crippen LogP contribution in [0.15, 0.2) is 29.3 Å².